The van der Waals surface area contributed by atoms with Crippen LogP contribution in [-0.4, -0.2) is 58.0 Å². The quantitative estimate of drug-likeness (QED) is 0.486. The zero-order chi connectivity index (χ0) is 16.4. The zero-order valence-corrected chi connectivity index (χ0v) is 12.2. The van der Waals surface area contributed by atoms with E-state index < -0.39 is 47.3 Å². The molecule has 0 bridgehead atoms. The molecule has 1 fully saturated rings. The number of hydrogen-bond acceptors (Lipinski definition) is 7. The average Bonchev–Trinajstić information content (AvgIpc) is 2.50. The predicted octanol–water partition coefficient (Wildman–Crippen LogP) is -1.19. The summed E-state index contributed by atoms with van der Waals surface area (Å²) >= 11 is 1.14. The summed E-state index contributed by atoms with van der Waals surface area (Å²) < 4.78 is 4.52. The molecule has 2 N–H and O–H groups in total. The Morgan fingerprint density at radius 2 is 2.23 bits per heavy atom. The van der Waals surface area contributed by atoms with Crippen LogP contribution in [0.3, 0.4) is 0 Å². The van der Waals surface area contributed by atoms with Gasteiger partial charge in [-0.3, -0.25) is 14.5 Å². The lowest BCUT2D eigenvalue weighted by atomic mass is 10.0. The van der Waals surface area contributed by atoms with Crippen molar-refractivity contribution in [3.8, 4) is 6.07 Å². The Hall–Kier alpha value is -2.54. The summed E-state index contributed by atoms with van der Waals surface area (Å²) in [5.41, 5.74) is -0.530. The minimum Gasteiger partial charge on any atom is -0.477 e. The Morgan fingerprint density at radius 1 is 1.55 bits per heavy atom. The van der Waals surface area contributed by atoms with Crippen molar-refractivity contribution in [1.29, 1.82) is 5.26 Å². The fourth-order valence-corrected chi connectivity index (χ4v) is 3.52. The zero-order valence-electron chi connectivity index (χ0n) is 11.4. The lowest BCUT2D eigenvalue weighted by molar-refractivity contribution is -0.151. The third-order valence-corrected chi connectivity index (χ3v) is 4.44. The van der Waals surface area contributed by atoms with Gasteiger partial charge in [0.2, 0.25) is 5.91 Å². The second kappa shape index (κ2) is 6.07. The van der Waals surface area contributed by atoms with Gasteiger partial charge in [0.15, 0.2) is 0 Å². The number of amides is 2. The minimum absolute atomic E-state index is 0.0490. The van der Waals surface area contributed by atoms with E-state index in [9.17, 15) is 24.3 Å². The van der Waals surface area contributed by atoms with E-state index in [2.05, 4.69) is 10.1 Å². The highest BCUT2D eigenvalue weighted by atomic mass is 32.2. The van der Waals surface area contributed by atoms with Crippen LogP contribution < -0.4 is 5.32 Å². The van der Waals surface area contributed by atoms with Gasteiger partial charge in [-0.15, -0.1) is 11.8 Å². The maximum Gasteiger partial charge on any atom is 0.353 e. The number of carboxylic acid groups (broad SMARTS) is 1. The summed E-state index contributed by atoms with van der Waals surface area (Å²) in [7, 11) is 1.12. The number of hydrogen-bond donors (Lipinski definition) is 2. The van der Waals surface area contributed by atoms with Crippen LogP contribution in [-0.2, 0) is 23.9 Å². The Morgan fingerprint density at radius 3 is 2.77 bits per heavy atom. The van der Waals surface area contributed by atoms with Crippen LogP contribution in [0, 0.1) is 11.3 Å². The molecule has 116 valence electrons. The number of carboxylic acids is 1. The number of rotatable bonds is 4. The largest absolute Gasteiger partial charge is 0.477 e. The molecule has 0 aromatic heterocycles. The van der Waals surface area contributed by atoms with Crippen LogP contribution in [0.2, 0.25) is 0 Å². The number of aliphatic carboxylic acids is 1. The van der Waals surface area contributed by atoms with Gasteiger partial charge in [0.05, 0.1) is 18.8 Å². The highest BCUT2D eigenvalue weighted by Gasteiger charge is 2.55. The summed E-state index contributed by atoms with van der Waals surface area (Å²) in [5, 5.41) is 19.4. The van der Waals surface area contributed by atoms with Gasteiger partial charge in [-0.25, -0.2) is 9.59 Å². The summed E-state index contributed by atoms with van der Waals surface area (Å²) in [6.07, 6.45) is -0.393. The Labute approximate surface area is 128 Å². The average molecular weight is 325 g/mol. The van der Waals surface area contributed by atoms with Crippen LogP contribution in [0.4, 0.5) is 0 Å². The molecule has 10 heteroatoms. The van der Waals surface area contributed by atoms with Crippen LogP contribution in [0.1, 0.15) is 6.42 Å². The minimum atomic E-state index is -1.42. The second-order valence-electron chi connectivity index (χ2n) is 4.41. The van der Waals surface area contributed by atoms with Crippen molar-refractivity contribution in [2.75, 3.05) is 12.9 Å². The van der Waals surface area contributed by atoms with Crippen molar-refractivity contribution < 1.29 is 29.0 Å². The van der Waals surface area contributed by atoms with E-state index in [1.807, 2.05) is 0 Å². The number of ether oxygens (including phenoxy) is 1. The standard InChI is InChI=1S/C12H11N3O6S/c1-21-12(20)5-4-22-10-7(14-6(16)2-3-13)9(17)15(10)8(5)11(18)19/h7,10H,2,4H2,1H3,(H,14,16)(H,18,19). The highest BCUT2D eigenvalue weighted by molar-refractivity contribution is 8.00. The number of fused-ring (bicyclic) bond motifs is 1. The molecule has 0 saturated carbocycles. The van der Waals surface area contributed by atoms with E-state index in [0.29, 0.717) is 0 Å². The lowest BCUT2D eigenvalue weighted by Gasteiger charge is -2.49. The fourth-order valence-electron chi connectivity index (χ4n) is 2.20. The molecule has 2 amide bonds. The first-order valence-corrected chi connectivity index (χ1v) is 7.13. The fraction of sp³-hybridized carbons (Fsp3) is 0.417. The number of methoxy groups -OCH3 is 1. The van der Waals surface area contributed by atoms with E-state index in [-0.39, 0.29) is 11.3 Å². The first-order chi connectivity index (χ1) is 10.4. The van der Waals surface area contributed by atoms with Crippen molar-refractivity contribution in [3.05, 3.63) is 11.3 Å². The van der Waals surface area contributed by atoms with Crippen molar-refractivity contribution in [3.63, 3.8) is 0 Å². The van der Waals surface area contributed by atoms with E-state index in [1.165, 1.54) is 0 Å². The summed E-state index contributed by atoms with van der Waals surface area (Å²) in [4.78, 5) is 47.4. The van der Waals surface area contributed by atoms with Gasteiger partial charge in [-0.1, -0.05) is 0 Å². The smallest absolute Gasteiger partial charge is 0.353 e. The predicted molar refractivity (Wildman–Crippen MR) is 71.9 cm³/mol. The van der Waals surface area contributed by atoms with Gasteiger partial charge >= 0.3 is 11.9 Å². The number of nitrogens with one attached hydrogen (secondary N) is 1. The number of carbonyl (C=O) groups is 4. The Balaban J connectivity index is 2.25. The topological polar surface area (TPSA) is 137 Å². The van der Waals surface area contributed by atoms with Crippen LogP contribution in [0.5, 0.6) is 0 Å². The summed E-state index contributed by atoms with van der Waals surface area (Å²) in [6.45, 7) is 0. The molecule has 2 aliphatic rings. The van der Waals surface area contributed by atoms with E-state index in [4.69, 9.17) is 5.26 Å². The molecule has 0 aliphatic carbocycles. The van der Waals surface area contributed by atoms with Gasteiger partial charge in [0, 0.05) is 5.75 Å². The molecule has 2 unspecified atom stereocenters. The highest BCUT2D eigenvalue weighted by Crippen LogP contribution is 2.40. The van der Waals surface area contributed by atoms with Gasteiger partial charge in [0.1, 0.15) is 23.5 Å². The molecule has 0 aromatic carbocycles. The monoisotopic (exact) mass is 325 g/mol. The maximum atomic E-state index is 12.1. The third kappa shape index (κ3) is 2.50. The number of nitrogens with zero attached hydrogens (tertiary/aromatic N) is 2. The Bertz CT molecular complexity index is 637. The van der Waals surface area contributed by atoms with Crippen LogP contribution in [0.15, 0.2) is 11.3 Å². The number of nitriles is 1. The molecule has 1 saturated heterocycles. The SMILES string of the molecule is COC(=O)C1=C(C(=O)O)N2C(=O)C(NC(=O)CC#N)C2SC1. The van der Waals surface area contributed by atoms with E-state index in [0.717, 1.165) is 23.8 Å². The first kappa shape index (κ1) is 15.8. The molecule has 9 nitrogen and oxygen atoms in total. The molecular weight excluding hydrogens is 314 g/mol. The van der Waals surface area contributed by atoms with Crippen molar-refractivity contribution in [2.24, 2.45) is 0 Å². The summed E-state index contributed by atoms with van der Waals surface area (Å²) in [6, 6.07) is 0.753. The van der Waals surface area contributed by atoms with Crippen molar-refractivity contribution in [1.82, 2.24) is 10.2 Å². The molecule has 0 spiro atoms. The van der Waals surface area contributed by atoms with Gasteiger partial charge in [-0.05, 0) is 0 Å². The van der Waals surface area contributed by atoms with Crippen molar-refractivity contribution in [2.45, 2.75) is 17.8 Å². The normalized spacial score (nSPS) is 23.1. The molecule has 2 rings (SSSR count). The van der Waals surface area contributed by atoms with Gasteiger partial charge in [-0.2, -0.15) is 5.26 Å². The molecule has 22 heavy (non-hydrogen) atoms. The van der Waals surface area contributed by atoms with Gasteiger partial charge in [0.25, 0.3) is 5.91 Å². The number of carbonyl (C=O) groups excluding carboxylic acids is 3. The molecular formula is C12H11N3O6S. The number of β-lactam (4-membered cyclic amide) rings is 1. The van der Waals surface area contributed by atoms with E-state index >= 15 is 0 Å². The molecule has 2 heterocycles. The summed E-state index contributed by atoms with van der Waals surface area (Å²) in [5.74, 6) is -3.43. The second-order valence-corrected chi connectivity index (χ2v) is 5.52. The maximum absolute atomic E-state index is 12.1. The van der Waals surface area contributed by atoms with Gasteiger partial charge < -0.3 is 15.2 Å². The molecule has 2 atom stereocenters. The van der Waals surface area contributed by atoms with Crippen molar-refractivity contribution >= 4 is 35.5 Å². The Kier molecular flexibility index (Phi) is 4.37. The van der Waals surface area contributed by atoms with Crippen LogP contribution in [0.25, 0.3) is 0 Å². The number of thioether (sulfide) groups is 1. The molecule has 0 aromatic rings. The number of esters is 1. The first-order valence-electron chi connectivity index (χ1n) is 6.08. The third-order valence-electron chi connectivity index (χ3n) is 3.16. The van der Waals surface area contributed by atoms with E-state index in [1.54, 1.807) is 6.07 Å². The molecule has 0 radical (unpaired) electrons. The lowest BCUT2D eigenvalue weighted by Crippen LogP contribution is -2.70. The van der Waals surface area contributed by atoms with Crippen LogP contribution >= 0.6 is 11.8 Å². The molecule has 2 aliphatic heterocycles.